The minimum Gasteiger partial charge on any atom is -0.457 e. The quantitative estimate of drug-likeness (QED) is 0.530. The number of thiophene rings is 1. The third-order valence-corrected chi connectivity index (χ3v) is 6.06. The largest absolute Gasteiger partial charge is 0.457 e. The predicted octanol–water partition coefficient (Wildman–Crippen LogP) is 6.11. The van der Waals surface area contributed by atoms with E-state index in [1.807, 2.05) is 6.07 Å². The summed E-state index contributed by atoms with van der Waals surface area (Å²) in [5.74, 6) is 0. The van der Waals surface area contributed by atoms with Gasteiger partial charge in [-0.25, -0.2) is 0 Å². The maximum Gasteiger partial charge on any atom is 0.174 e. The van der Waals surface area contributed by atoms with Crippen LogP contribution < -0.4 is 5.32 Å². The zero-order chi connectivity index (χ0) is 14.8. The molecule has 3 rings (SSSR count). The molecule has 5 heteroatoms. The lowest BCUT2D eigenvalue weighted by Gasteiger charge is -2.17. The second-order valence-electron chi connectivity index (χ2n) is 4.84. The van der Waals surface area contributed by atoms with Crippen LogP contribution in [-0.2, 0) is 0 Å². The lowest BCUT2D eigenvalue weighted by atomic mass is 10.0. The third-order valence-electron chi connectivity index (χ3n) is 3.45. The van der Waals surface area contributed by atoms with Crippen molar-refractivity contribution in [1.29, 1.82) is 0 Å². The Morgan fingerprint density at radius 3 is 2.81 bits per heavy atom. The zero-order valence-corrected chi connectivity index (χ0v) is 15.5. The van der Waals surface area contributed by atoms with Crippen molar-refractivity contribution in [3.63, 3.8) is 0 Å². The Bertz CT molecular complexity index is 750. The summed E-state index contributed by atoms with van der Waals surface area (Å²) in [5.41, 5.74) is 2.44. The summed E-state index contributed by atoms with van der Waals surface area (Å²) in [6.45, 7) is 3.14. The average Bonchev–Trinajstić information content (AvgIpc) is 3.08. The maximum absolute atomic E-state index is 5.43. The van der Waals surface area contributed by atoms with Gasteiger partial charge in [-0.1, -0.05) is 19.1 Å². The van der Waals surface area contributed by atoms with E-state index >= 15 is 0 Å². The second-order valence-corrected chi connectivity index (χ2v) is 7.30. The first kappa shape index (κ1) is 15.3. The highest BCUT2D eigenvalue weighted by Crippen LogP contribution is 2.39. The van der Waals surface area contributed by atoms with Gasteiger partial charge in [-0.05, 0) is 73.3 Å². The van der Waals surface area contributed by atoms with Gasteiger partial charge in [0.15, 0.2) is 4.67 Å². The number of rotatable bonds is 5. The molecular weight excluding hydrogens is 414 g/mol. The molecule has 0 radical (unpaired) electrons. The molecule has 2 nitrogen and oxygen atoms in total. The Hall–Kier alpha value is -0.620. The molecule has 0 spiro atoms. The number of halogens is 2. The van der Waals surface area contributed by atoms with E-state index in [9.17, 15) is 0 Å². The van der Waals surface area contributed by atoms with Crippen LogP contribution >= 0.6 is 43.2 Å². The van der Waals surface area contributed by atoms with Crippen LogP contribution in [0, 0.1) is 0 Å². The molecule has 0 saturated carbocycles. The summed E-state index contributed by atoms with van der Waals surface area (Å²) in [4.78, 5) is 0. The summed E-state index contributed by atoms with van der Waals surface area (Å²) >= 11 is 8.92. The predicted molar refractivity (Wildman–Crippen MR) is 96.1 cm³/mol. The molecule has 110 valence electrons. The molecule has 0 aliphatic heterocycles. The SMILES string of the molecule is CCCNC(c1ccoc1Br)c1csc2c(Br)cccc12. The number of fused-ring (bicyclic) bond motifs is 1. The minimum absolute atomic E-state index is 0.140. The molecule has 2 heterocycles. The van der Waals surface area contributed by atoms with Gasteiger partial charge >= 0.3 is 0 Å². The fourth-order valence-electron chi connectivity index (χ4n) is 2.45. The van der Waals surface area contributed by atoms with E-state index in [1.165, 1.54) is 15.6 Å². The second kappa shape index (κ2) is 6.65. The molecule has 1 atom stereocenters. The summed E-state index contributed by atoms with van der Waals surface area (Å²) in [6, 6.07) is 8.52. The van der Waals surface area contributed by atoms with E-state index in [-0.39, 0.29) is 6.04 Å². The molecule has 0 aliphatic rings. The van der Waals surface area contributed by atoms with Crippen LogP contribution in [-0.4, -0.2) is 6.54 Å². The minimum atomic E-state index is 0.140. The van der Waals surface area contributed by atoms with Gasteiger partial charge < -0.3 is 9.73 Å². The van der Waals surface area contributed by atoms with Crippen molar-refractivity contribution < 1.29 is 4.42 Å². The molecule has 1 aromatic carbocycles. The van der Waals surface area contributed by atoms with Crippen LogP contribution in [0.15, 0.2) is 49.5 Å². The molecule has 0 fully saturated rings. The first-order valence-corrected chi connectivity index (χ1v) is 9.30. The third kappa shape index (κ3) is 2.97. The first-order chi connectivity index (χ1) is 10.2. The molecule has 0 bridgehead atoms. The van der Waals surface area contributed by atoms with Gasteiger partial charge in [0.1, 0.15) is 0 Å². The topological polar surface area (TPSA) is 25.2 Å². The highest BCUT2D eigenvalue weighted by atomic mass is 79.9. The van der Waals surface area contributed by atoms with E-state index in [1.54, 1.807) is 17.6 Å². The van der Waals surface area contributed by atoms with Crippen molar-refractivity contribution >= 4 is 53.3 Å². The Morgan fingerprint density at radius 2 is 2.10 bits per heavy atom. The van der Waals surface area contributed by atoms with Crippen LogP contribution in [0.5, 0.6) is 0 Å². The van der Waals surface area contributed by atoms with Crippen LogP contribution in [0.3, 0.4) is 0 Å². The molecule has 2 aromatic heterocycles. The molecule has 0 saturated heterocycles. The highest BCUT2D eigenvalue weighted by Gasteiger charge is 2.21. The van der Waals surface area contributed by atoms with E-state index in [2.05, 4.69) is 67.7 Å². The van der Waals surface area contributed by atoms with Gasteiger partial charge in [0, 0.05) is 14.7 Å². The van der Waals surface area contributed by atoms with Crippen LogP contribution in [0.2, 0.25) is 0 Å². The normalized spacial score (nSPS) is 12.9. The monoisotopic (exact) mass is 427 g/mol. The molecular formula is C16H15Br2NOS. The van der Waals surface area contributed by atoms with Gasteiger partial charge in [-0.15, -0.1) is 11.3 Å². The van der Waals surface area contributed by atoms with Gasteiger partial charge in [-0.2, -0.15) is 0 Å². The summed E-state index contributed by atoms with van der Waals surface area (Å²) < 4.78 is 8.66. The molecule has 21 heavy (non-hydrogen) atoms. The Morgan fingerprint density at radius 1 is 1.24 bits per heavy atom. The number of hydrogen-bond donors (Lipinski definition) is 1. The number of nitrogens with one attached hydrogen (secondary N) is 1. The van der Waals surface area contributed by atoms with E-state index in [0.29, 0.717) is 0 Å². The van der Waals surface area contributed by atoms with Crippen molar-refractivity contribution in [1.82, 2.24) is 5.32 Å². The van der Waals surface area contributed by atoms with Gasteiger partial charge in [0.25, 0.3) is 0 Å². The van der Waals surface area contributed by atoms with Gasteiger partial charge in [0.2, 0.25) is 0 Å². The fourth-order valence-corrected chi connectivity index (χ4v) is 4.57. The van der Waals surface area contributed by atoms with E-state index in [4.69, 9.17) is 4.42 Å². The van der Waals surface area contributed by atoms with E-state index in [0.717, 1.165) is 27.7 Å². The molecule has 1 unspecified atom stereocenters. The summed E-state index contributed by atoms with van der Waals surface area (Å²) in [5, 5.41) is 7.15. The van der Waals surface area contributed by atoms with E-state index < -0.39 is 0 Å². The number of hydrogen-bond acceptors (Lipinski definition) is 3. The van der Waals surface area contributed by atoms with Crippen molar-refractivity contribution in [2.75, 3.05) is 6.54 Å². The van der Waals surface area contributed by atoms with Crippen molar-refractivity contribution in [3.05, 3.63) is 56.2 Å². The first-order valence-electron chi connectivity index (χ1n) is 6.84. The maximum atomic E-state index is 5.43. The van der Waals surface area contributed by atoms with Crippen LogP contribution in [0.25, 0.3) is 10.1 Å². The number of furan rings is 1. The van der Waals surface area contributed by atoms with Gasteiger partial charge in [-0.3, -0.25) is 0 Å². The molecule has 0 aliphatic carbocycles. The smallest absolute Gasteiger partial charge is 0.174 e. The average molecular weight is 429 g/mol. The molecule has 1 N–H and O–H groups in total. The van der Waals surface area contributed by atoms with Crippen LogP contribution in [0.4, 0.5) is 0 Å². The Balaban J connectivity index is 2.10. The van der Waals surface area contributed by atoms with Crippen molar-refractivity contribution in [2.24, 2.45) is 0 Å². The van der Waals surface area contributed by atoms with Crippen molar-refractivity contribution in [2.45, 2.75) is 19.4 Å². The lowest BCUT2D eigenvalue weighted by Crippen LogP contribution is -2.22. The number of benzene rings is 1. The highest BCUT2D eigenvalue weighted by molar-refractivity contribution is 9.10. The van der Waals surface area contributed by atoms with Gasteiger partial charge in [0.05, 0.1) is 12.3 Å². The molecule has 0 amide bonds. The zero-order valence-electron chi connectivity index (χ0n) is 11.5. The molecule has 3 aromatic rings. The van der Waals surface area contributed by atoms with Crippen LogP contribution in [0.1, 0.15) is 30.5 Å². The standard InChI is InChI=1S/C16H15Br2NOS/c1-2-7-19-14(11-6-8-20-16(11)18)12-9-21-15-10(12)4-3-5-13(15)17/h3-6,8-9,14,19H,2,7H2,1H3. The Labute approximate surface area is 144 Å². The fraction of sp³-hybridized carbons (Fsp3) is 0.250. The Kier molecular flexibility index (Phi) is 4.84. The lowest BCUT2D eigenvalue weighted by molar-refractivity contribution is 0.524. The summed E-state index contributed by atoms with van der Waals surface area (Å²) in [7, 11) is 0. The summed E-state index contributed by atoms with van der Waals surface area (Å²) in [6.07, 6.45) is 2.82. The van der Waals surface area contributed by atoms with Crippen molar-refractivity contribution in [3.8, 4) is 0 Å².